The molecular formula is C18H25NO. The number of allylic oxidation sites excluding steroid dienone is 1. The number of hydrogen-bond acceptors (Lipinski definition) is 1. The van der Waals surface area contributed by atoms with E-state index in [4.69, 9.17) is 0 Å². The van der Waals surface area contributed by atoms with Gasteiger partial charge in [0.25, 0.3) is 0 Å². The minimum Gasteiger partial charge on any atom is -0.624 e. The van der Waals surface area contributed by atoms with Gasteiger partial charge in [0.2, 0.25) is 0 Å². The molecule has 2 rings (SSSR count). The Morgan fingerprint density at radius 1 is 1.20 bits per heavy atom. The fraction of sp³-hybridized carbons (Fsp3) is 0.500. The predicted molar refractivity (Wildman–Crippen MR) is 85.0 cm³/mol. The third kappa shape index (κ3) is 4.22. The van der Waals surface area contributed by atoms with Crippen molar-refractivity contribution in [3.63, 3.8) is 0 Å². The zero-order valence-electron chi connectivity index (χ0n) is 12.4. The van der Waals surface area contributed by atoms with Crippen LogP contribution in [-0.2, 0) is 0 Å². The molecule has 0 radical (unpaired) electrons. The van der Waals surface area contributed by atoms with Gasteiger partial charge >= 0.3 is 0 Å². The molecule has 0 N–H and O–H groups in total. The minimum absolute atomic E-state index is 0.0895. The van der Waals surface area contributed by atoms with Gasteiger partial charge in [-0.25, -0.2) is 4.74 Å². The topological polar surface area (TPSA) is 26.1 Å². The second-order valence-electron chi connectivity index (χ2n) is 5.67. The molecule has 1 aromatic carbocycles. The van der Waals surface area contributed by atoms with Crippen molar-refractivity contribution in [2.24, 2.45) is 5.92 Å². The van der Waals surface area contributed by atoms with Gasteiger partial charge < -0.3 is 5.21 Å². The summed E-state index contributed by atoms with van der Waals surface area (Å²) in [6.07, 6.45) is 13.1. The Bertz CT molecular complexity index is 444. The van der Waals surface area contributed by atoms with E-state index in [-0.39, 0.29) is 6.04 Å². The highest BCUT2D eigenvalue weighted by atomic mass is 16.5. The van der Waals surface area contributed by atoms with Gasteiger partial charge in [-0.05, 0) is 31.9 Å². The van der Waals surface area contributed by atoms with Crippen molar-refractivity contribution in [2.45, 2.75) is 51.5 Å². The van der Waals surface area contributed by atoms with E-state index in [1.54, 1.807) is 6.21 Å². The quantitative estimate of drug-likeness (QED) is 0.254. The van der Waals surface area contributed by atoms with E-state index in [0.29, 0.717) is 5.92 Å². The molecule has 0 bridgehead atoms. The van der Waals surface area contributed by atoms with E-state index in [2.05, 4.69) is 6.08 Å². The lowest BCUT2D eigenvalue weighted by atomic mass is 9.82. The van der Waals surface area contributed by atoms with Crippen LogP contribution in [0.3, 0.4) is 0 Å². The van der Waals surface area contributed by atoms with E-state index >= 15 is 0 Å². The van der Waals surface area contributed by atoms with Crippen LogP contribution in [0.1, 0.15) is 51.0 Å². The SMILES string of the molecule is C/C=C/C[C@H](C1CCCCC1)/[N+]([O-])=C/c1ccccc1. The molecule has 1 aliphatic carbocycles. The van der Waals surface area contributed by atoms with Crippen LogP contribution in [0.4, 0.5) is 0 Å². The molecule has 0 unspecified atom stereocenters. The molecule has 0 aromatic heterocycles. The average molecular weight is 271 g/mol. The summed E-state index contributed by atoms with van der Waals surface area (Å²) in [5.74, 6) is 0.539. The smallest absolute Gasteiger partial charge is 0.182 e. The maximum absolute atomic E-state index is 12.5. The number of benzene rings is 1. The second kappa shape index (κ2) is 7.88. The van der Waals surface area contributed by atoms with E-state index in [9.17, 15) is 5.21 Å². The maximum atomic E-state index is 12.5. The minimum atomic E-state index is 0.0895. The van der Waals surface area contributed by atoms with Crippen LogP contribution in [-0.4, -0.2) is 17.0 Å². The summed E-state index contributed by atoms with van der Waals surface area (Å²) in [5.41, 5.74) is 0.990. The summed E-state index contributed by atoms with van der Waals surface area (Å²) in [5, 5.41) is 12.5. The zero-order chi connectivity index (χ0) is 14.2. The van der Waals surface area contributed by atoms with Gasteiger partial charge in [-0.2, -0.15) is 0 Å². The summed E-state index contributed by atoms with van der Waals surface area (Å²) in [6.45, 7) is 2.02. The van der Waals surface area contributed by atoms with Gasteiger partial charge in [0, 0.05) is 17.9 Å². The molecule has 1 aromatic rings. The normalized spacial score (nSPS) is 19.4. The predicted octanol–water partition coefficient (Wildman–Crippen LogP) is 4.53. The van der Waals surface area contributed by atoms with Crippen LogP contribution in [0.5, 0.6) is 0 Å². The summed E-state index contributed by atoms with van der Waals surface area (Å²) >= 11 is 0. The summed E-state index contributed by atoms with van der Waals surface area (Å²) < 4.78 is 1.20. The van der Waals surface area contributed by atoms with E-state index < -0.39 is 0 Å². The number of nitrogens with zero attached hydrogens (tertiary/aromatic N) is 1. The first-order valence-corrected chi connectivity index (χ1v) is 7.78. The first-order chi connectivity index (χ1) is 9.81. The van der Waals surface area contributed by atoms with Crippen molar-refractivity contribution in [2.75, 3.05) is 0 Å². The van der Waals surface area contributed by atoms with Crippen molar-refractivity contribution in [3.05, 3.63) is 53.3 Å². The molecule has 0 saturated heterocycles. The molecule has 0 aliphatic heterocycles. The largest absolute Gasteiger partial charge is 0.624 e. The molecule has 0 spiro atoms. The Morgan fingerprint density at radius 2 is 1.90 bits per heavy atom. The van der Waals surface area contributed by atoms with Crippen LogP contribution in [0.2, 0.25) is 0 Å². The second-order valence-corrected chi connectivity index (χ2v) is 5.67. The van der Waals surface area contributed by atoms with Crippen LogP contribution < -0.4 is 0 Å². The fourth-order valence-corrected chi connectivity index (χ4v) is 3.08. The molecule has 1 fully saturated rings. The summed E-state index contributed by atoms with van der Waals surface area (Å²) in [4.78, 5) is 0. The van der Waals surface area contributed by atoms with Crippen LogP contribution in [0.25, 0.3) is 0 Å². The lowest BCUT2D eigenvalue weighted by Gasteiger charge is -2.28. The zero-order valence-corrected chi connectivity index (χ0v) is 12.4. The molecule has 1 atom stereocenters. The average Bonchev–Trinajstić information content (AvgIpc) is 2.50. The first-order valence-electron chi connectivity index (χ1n) is 7.78. The lowest BCUT2D eigenvalue weighted by molar-refractivity contribution is -0.507. The van der Waals surface area contributed by atoms with Gasteiger partial charge in [0.1, 0.15) is 0 Å². The molecule has 0 heterocycles. The maximum Gasteiger partial charge on any atom is 0.182 e. The fourth-order valence-electron chi connectivity index (χ4n) is 3.08. The van der Waals surface area contributed by atoms with Gasteiger partial charge in [-0.1, -0.05) is 49.6 Å². The molecule has 2 nitrogen and oxygen atoms in total. The molecule has 108 valence electrons. The van der Waals surface area contributed by atoms with Gasteiger partial charge in [-0.15, -0.1) is 0 Å². The van der Waals surface area contributed by atoms with Crippen molar-refractivity contribution in [1.29, 1.82) is 0 Å². The third-order valence-electron chi connectivity index (χ3n) is 4.21. The number of hydrogen-bond donors (Lipinski definition) is 0. The Balaban J connectivity index is 2.14. The number of hydroxylamine groups is 1. The van der Waals surface area contributed by atoms with Crippen molar-refractivity contribution in [3.8, 4) is 0 Å². The van der Waals surface area contributed by atoms with Gasteiger partial charge in [0.15, 0.2) is 12.3 Å². The monoisotopic (exact) mass is 271 g/mol. The molecule has 20 heavy (non-hydrogen) atoms. The molecule has 1 aliphatic rings. The van der Waals surface area contributed by atoms with Crippen molar-refractivity contribution >= 4 is 6.21 Å². The van der Waals surface area contributed by atoms with Gasteiger partial charge in [0.05, 0.1) is 0 Å². The summed E-state index contributed by atoms with van der Waals surface area (Å²) in [7, 11) is 0. The third-order valence-corrected chi connectivity index (χ3v) is 4.21. The number of rotatable bonds is 5. The van der Waals surface area contributed by atoms with E-state index in [1.165, 1.54) is 36.8 Å². The molecule has 2 heteroatoms. The van der Waals surface area contributed by atoms with Crippen LogP contribution in [0.15, 0.2) is 42.5 Å². The summed E-state index contributed by atoms with van der Waals surface area (Å²) in [6, 6.07) is 9.98. The Kier molecular flexibility index (Phi) is 5.85. The van der Waals surface area contributed by atoms with Crippen LogP contribution in [0, 0.1) is 11.1 Å². The highest BCUT2D eigenvalue weighted by Crippen LogP contribution is 2.29. The highest BCUT2D eigenvalue weighted by Gasteiger charge is 2.28. The van der Waals surface area contributed by atoms with Crippen molar-refractivity contribution < 1.29 is 4.74 Å². The standard InChI is InChI=1S/C18H25NO/c1-2-3-14-18(17-12-8-5-9-13-17)19(20)15-16-10-6-4-7-11-16/h2-4,6-7,10-11,15,17-18H,5,8-9,12-14H2,1H3/b3-2+,19-15-/t18-/m1/s1. The Hall–Kier alpha value is -1.57. The van der Waals surface area contributed by atoms with Crippen LogP contribution >= 0.6 is 0 Å². The van der Waals surface area contributed by atoms with Crippen molar-refractivity contribution in [1.82, 2.24) is 0 Å². The first kappa shape index (κ1) is 14.8. The molecule has 1 saturated carbocycles. The van der Waals surface area contributed by atoms with E-state index in [1.807, 2.05) is 43.3 Å². The highest BCUT2D eigenvalue weighted by molar-refractivity contribution is 5.75. The lowest BCUT2D eigenvalue weighted by Crippen LogP contribution is -2.32. The Morgan fingerprint density at radius 3 is 2.55 bits per heavy atom. The molecule has 0 amide bonds. The van der Waals surface area contributed by atoms with E-state index in [0.717, 1.165) is 12.0 Å². The Labute approximate surface area is 122 Å². The van der Waals surface area contributed by atoms with Gasteiger partial charge in [-0.3, -0.25) is 0 Å². The molecular weight excluding hydrogens is 246 g/mol.